The molecule has 39 heavy (non-hydrogen) atoms. The summed E-state index contributed by atoms with van der Waals surface area (Å²) in [4.78, 5) is 43.3. The molecule has 3 aliphatic heterocycles. The Balaban J connectivity index is 1.19. The Morgan fingerprint density at radius 2 is 2.03 bits per heavy atom. The topological polar surface area (TPSA) is 124 Å². The predicted octanol–water partition coefficient (Wildman–Crippen LogP) is 1.80. The smallest absolute Gasteiger partial charge is 0.238 e. The summed E-state index contributed by atoms with van der Waals surface area (Å²) in [5.74, 6) is 2.11. The Hall–Kier alpha value is -3.90. The van der Waals surface area contributed by atoms with E-state index < -0.39 is 0 Å². The van der Waals surface area contributed by atoms with Crippen LogP contribution in [-0.4, -0.2) is 81.9 Å². The number of fused-ring (bicyclic) bond motifs is 1. The number of carbonyl (C=O) groups excluding carboxylic acids is 2. The third-order valence-corrected chi connectivity index (χ3v) is 7.31. The van der Waals surface area contributed by atoms with Crippen LogP contribution in [-0.2, 0) is 20.9 Å². The van der Waals surface area contributed by atoms with Gasteiger partial charge in [-0.1, -0.05) is 17.7 Å². The first kappa shape index (κ1) is 25.4. The van der Waals surface area contributed by atoms with Crippen molar-refractivity contribution in [1.82, 2.24) is 29.7 Å². The fraction of sp³-hybridized carbons (Fsp3) is 0.423. The molecular formula is C26H28ClN7O5. The zero-order valence-corrected chi connectivity index (χ0v) is 21.9. The summed E-state index contributed by atoms with van der Waals surface area (Å²) in [7, 11) is 0. The number of halogens is 1. The summed E-state index contributed by atoms with van der Waals surface area (Å²) in [6.07, 6.45) is 5.84. The number of piperazine rings is 1. The highest BCUT2D eigenvalue weighted by Gasteiger charge is 2.36. The molecule has 2 saturated heterocycles. The van der Waals surface area contributed by atoms with Gasteiger partial charge < -0.3 is 29.3 Å². The molecule has 2 fully saturated rings. The van der Waals surface area contributed by atoms with E-state index in [1.54, 1.807) is 29.4 Å². The highest BCUT2D eigenvalue weighted by molar-refractivity contribution is 6.29. The van der Waals surface area contributed by atoms with Crippen LogP contribution in [0, 0.1) is 5.92 Å². The number of anilines is 1. The molecule has 2 amide bonds. The lowest BCUT2D eigenvalue weighted by molar-refractivity contribution is -0.137. The number of hydrogen-bond donors (Lipinski definition) is 1. The first-order chi connectivity index (χ1) is 19.0. The molecule has 12 nitrogen and oxygen atoms in total. The summed E-state index contributed by atoms with van der Waals surface area (Å²) in [5.41, 5.74) is 0.902. The van der Waals surface area contributed by atoms with E-state index in [2.05, 4.69) is 15.3 Å². The lowest BCUT2D eigenvalue weighted by Gasteiger charge is -2.42. The van der Waals surface area contributed by atoms with Gasteiger partial charge in [0.1, 0.15) is 17.3 Å². The maximum absolute atomic E-state index is 13.2. The Labute approximate surface area is 229 Å². The van der Waals surface area contributed by atoms with E-state index in [4.69, 9.17) is 30.8 Å². The number of imidazole rings is 1. The number of aromatic nitrogens is 4. The maximum Gasteiger partial charge on any atom is 0.238 e. The van der Waals surface area contributed by atoms with Gasteiger partial charge in [0.25, 0.3) is 0 Å². The van der Waals surface area contributed by atoms with Crippen molar-refractivity contribution in [2.24, 2.45) is 5.92 Å². The quantitative estimate of drug-likeness (QED) is 0.436. The average molecular weight is 554 g/mol. The second kappa shape index (κ2) is 11.1. The van der Waals surface area contributed by atoms with Gasteiger partial charge in [-0.2, -0.15) is 4.98 Å². The molecule has 1 aromatic carbocycles. The summed E-state index contributed by atoms with van der Waals surface area (Å²) in [5, 5.41) is 3.27. The van der Waals surface area contributed by atoms with Crippen LogP contribution in [0.4, 0.5) is 5.82 Å². The van der Waals surface area contributed by atoms with Gasteiger partial charge in [-0.05, 0) is 24.1 Å². The highest BCUT2D eigenvalue weighted by atomic mass is 35.5. The van der Waals surface area contributed by atoms with E-state index in [0.717, 1.165) is 12.0 Å². The first-order valence-electron chi connectivity index (χ1n) is 12.8. The van der Waals surface area contributed by atoms with Gasteiger partial charge in [-0.25, -0.2) is 9.97 Å². The minimum Gasteiger partial charge on any atom is -0.454 e. The van der Waals surface area contributed by atoms with Gasteiger partial charge in [0.2, 0.25) is 24.6 Å². The molecule has 3 aliphatic rings. The molecule has 2 atom stereocenters. The Kier molecular flexibility index (Phi) is 7.20. The van der Waals surface area contributed by atoms with Crippen molar-refractivity contribution in [2.75, 3.05) is 44.5 Å². The second-order valence-electron chi connectivity index (χ2n) is 9.68. The fourth-order valence-electron chi connectivity index (χ4n) is 5.09. The molecule has 6 rings (SSSR count). The normalized spacial score (nSPS) is 20.3. The van der Waals surface area contributed by atoms with Gasteiger partial charge >= 0.3 is 0 Å². The number of carbonyl (C=O) groups is 2. The Morgan fingerprint density at radius 3 is 2.85 bits per heavy atom. The van der Waals surface area contributed by atoms with Crippen LogP contribution in [0.15, 0.2) is 43.0 Å². The number of ether oxygens (including phenoxy) is 3. The van der Waals surface area contributed by atoms with Crippen molar-refractivity contribution < 1.29 is 23.8 Å². The molecule has 1 N–H and O–H groups in total. The molecular weight excluding hydrogens is 526 g/mol. The molecule has 3 aromatic rings. The van der Waals surface area contributed by atoms with Crippen molar-refractivity contribution in [3.63, 3.8) is 0 Å². The standard InChI is InChI=1S/C26H28ClN7O5/c27-22-11-23(31-26(30-22)33-5-4-28-15-33)34-7-6-32(25(36)18-3-8-37-14-18)13-19(34)10-24(35)29-12-17-1-2-20-21(9-17)39-16-38-20/h1-2,4-5,9,11,15,18-19H,3,6-8,10,12-14,16H2,(H,29,35). The van der Waals surface area contributed by atoms with Crippen molar-refractivity contribution in [3.05, 3.63) is 53.7 Å². The number of rotatable bonds is 7. The van der Waals surface area contributed by atoms with Gasteiger partial charge in [-0.3, -0.25) is 14.2 Å². The Morgan fingerprint density at radius 1 is 1.13 bits per heavy atom. The van der Waals surface area contributed by atoms with Crippen molar-refractivity contribution in [1.29, 1.82) is 0 Å². The van der Waals surface area contributed by atoms with E-state index >= 15 is 0 Å². The first-order valence-corrected chi connectivity index (χ1v) is 13.2. The van der Waals surface area contributed by atoms with Gasteiger partial charge in [0.15, 0.2) is 11.5 Å². The molecule has 13 heteroatoms. The summed E-state index contributed by atoms with van der Waals surface area (Å²) >= 11 is 6.37. The van der Waals surface area contributed by atoms with Crippen LogP contribution in [0.5, 0.6) is 11.5 Å². The summed E-state index contributed by atoms with van der Waals surface area (Å²) in [6, 6.07) is 6.95. The van der Waals surface area contributed by atoms with E-state index in [9.17, 15) is 9.59 Å². The molecule has 0 radical (unpaired) electrons. The van der Waals surface area contributed by atoms with Gasteiger partial charge in [0.05, 0.1) is 18.6 Å². The lowest BCUT2D eigenvalue weighted by atomic mass is 10.0. The maximum atomic E-state index is 13.2. The monoisotopic (exact) mass is 553 g/mol. The van der Waals surface area contributed by atoms with Crippen LogP contribution in [0.1, 0.15) is 18.4 Å². The number of nitrogens with one attached hydrogen (secondary N) is 1. The van der Waals surface area contributed by atoms with Crippen molar-refractivity contribution >= 4 is 29.2 Å². The number of hydrogen-bond acceptors (Lipinski definition) is 9. The predicted molar refractivity (Wildman–Crippen MR) is 140 cm³/mol. The minimum atomic E-state index is -0.316. The van der Waals surface area contributed by atoms with Crippen LogP contribution >= 0.6 is 11.6 Å². The van der Waals surface area contributed by atoms with Crippen LogP contribution in [0.3, 0.4) is 0 Å². The molecule has 204 valence electrons. The molecule has 2 aromatic heterocycles. The Bertz CT molecular complexity index is 1350. The zero-order chi connectivity index (χ0) is 26.8. The van der Waals surface area contributed by atoms with Crippen LogP contribution < -0.4 is 19.7 Å². The minimum absolute atomic E-state index is 0.0674. The largest absolute Gasteiger partial charge is 0.454 e. The average Bonchev–Trinajstić information content (AvgIpc) is 3.74. The molecule has 0 spiro atoms. The van der Waals surface area contributed by atoms with E-state index in [1.807, 2.05) is 28.0 Å². The van der Waals surface area contributed by atoms with Crippen LogP contribution in [0.25, 0.3) is 5.95 Å². The second-order valence-corrected chi connectivity index (χ2v) is 10.1. The number of benzene rings is 1. The van der Waals surface area contributed by atoms with Crippen molar-refractivity contribution in [3.8, 4) is 17.4 Å². The SMILES string of the molecule is O=C(CC1CN(C(=O)C2CCOC2)CCN1c1cc(Cl)nc(-n2ccnc2)n1)NCc1ccc2c(c1)OCO2. The summed E-state index contributed by atoms with van der Waals surface area (Å²) < 4.78 is 17.9. The highest BCUT2D eigenvalue weighted by Crippen LogP contribution is 2.32. The van der Waals surface area contributed by atoms with E-state index in [-0.39, 0.29) is 42.1 Å². The van der Waals surface area contributed by atoms with Gasteiger partial charge in [-0.15, -0.1) is 0 Å². The zero-order valence-electron chi connectivity index (χ0n) is 21.2. The molecule has 0 bridgehead atoms. The van der Waals surface area contributed by atoms with Crippen molar-refractivity contribution in [2.45, 2.75) is 25.4 Å². The van der Waals surface area contributed by atoms with E-state index in [1.165, 1.54) is 0 Å². The summed E-state index contributed by atoms with van der Waals surface area (Å²) in [6.45, 7) is 2.96. The molecule has 0 aliphatic carbocycles. The fourth-order valence-corrected chi connectivity index (χ4v) is 5.26. The van der Waals surface area contributed by atoms with Crippen LogP contribution in [0.2, 0.25) is 5.15 Å². The third-order valence-electron chi connectivity index (χ3n) is 7.12. The molecule has 5 heterocycles. The lowest BCUT2D eigenvalue weighted by Crippen LogP contribution is -2.57. The third kappa shape index (κ3) is 5.62. The molecule has 2 unspecified atom stereocenters. The van der Waals surface area contributed by atoms with E-state index in [0.29, 0.717) is 62.7 Å². The number of amides is 2. The van der Waals surface area contributed by atoms with Gasteiger partial charge in [0, 0.05) is 57.7 Å². The number of nitrogens with zero attached hydrogens (tertiary/aromatic N) is 6. The molecule has 0 saturated carbocycles.